The Hall–Kier alpha value is -0.480. The lowest BCUT2D eigenvalue weighted by molar-refractivity contribution is 0.214. The zero-order chi connectivity index (χ0) is 12.5. The van der Waals surface area contributed by atoms with Gasteiger partial charge in [-0.05, 0) is 39.3 Å². The third kappa shape index (κ3) is 7.07. The van der Waals surface area contributed by atoms with Gasteiger partial charge in [-0.1, -0.05) is 5.92 Å². The fraction of sp³-hybridized carbons (Fsp3) is 0.769. The van der Waals surface area contributed by atoms with E-state index >= 15 is 0 Å². The molecule has 4 nitrogen and oxygen atoms in total. The highest BCUT2D eigenvalue weighted by Gasteiger charge is 2.16. The lowest BCUT2D eigenvalue weighted by Gasteiger charge is -2.28. The number of nitrogens with zero attached hydrogens (tertiary/aromatic N) is 2. The topological polar surface area (TPSA) is 39.7 Å². The van der Waals surface area contributed by atoms with E-state index in [1.54, 1.807) is 0 Å². The molecule has 0 saturated carbocycles. The molecule has 0 aromatic heterocycles. The second kappa shape index (κ2) is 10.4. The van der Waals surface area contributed by atoms with Gasteiger partial charge in [-0.2, -0.15) is 0 Å². The predicted octanol–water partition coefficient (Wildman–Crippen LogP) is 1.13. The summed E-state index contributed by atoms with van der Waals surface area (Å²) in [6.07, 6.45) is 7.79. The normalized spacial score (nSPS) is 20.7. The molecule has 5 heteroatoms. The molecule has 1 heterocycles. The van der Waals surface area contributed by atoms with Crippen LogP contribution in [0.1, 0.15) is 19.8 Å². The second-order valence-corrected chi connectivity index (χ2v) is 4.55. The molecule has 18 heavy (non-hydrogen) atoms. The molecule has 0 amide bonds. The molecule has 1 aliphatic heterocycles. The van der Waals surface area contributed by atoms with Crippen molar-refractivity contribution in [2.75, 3.05) is 39.8 Å². The Balaban J connectivity index is 0.00000289. The molecule has 2 N–H and O–H groups in total. The van der Waals surface area contributed by atoms with Gasteiger partial charge in [-0.3, -0.25) is 4.99 Å². The number of terminal acetylenes is 1. The Morgan fingerprint density at radius 2 is 2.28 bits per heavy atom. The number of aliphatic imine (C=N–C) groups is 1. The highest BCUT2D eigenvalue weighted by Crippen LogP contribution is 2.14. The summed E-state index contributed by atoms with van der Waals surface area (Å²) in [5.74, 6) is 4.07. The predicted molar refractivity (Wildman–Crippen MR) is 88.5 cm³/mol. The van der Waals surface area contributed by atoms with Gasteiger partial charge in [0.05, 0.1) is 6.54 Å². The molecular weight excluding hydrogens is 339 g/mol. The molecule has 0 aromatic carbocycles. The quantitative estimate of drug-likeness (QED) is 0.340. The molecule has 1 fully saturated rings. The van der Waals surface area contributed by atoms with E-state index in [4.69, 9.17) is 6.42 Å². The average molecular weight is 364 g/mol. The number of rotatable bonds is 4. The van der Waals surface area contributed by atoms with E-state index in [0.29, 0.717) is 12.5 Å². The molecule has 0 aromatic rings. The van der Waals surface area contributed by atoms with Gasteiger partial charge >= 0.3 is 0 Å². The molecule has 0 spiro atoms. The Bertz CT molecular complexity index is 285. The molecule has 1 unspecified atom stereocenters. The fourth-order valence-corrected chi connectivity index (χ4v) is 2.12. The first-order valence-corrected chi connectivity index (χ1v) is 6.40. The molecule has 0 bridgehead atoms. The van der Waals surface area contributed by atoms with Crippen molar-refractivity contribution in [3.05, 3.63) is 0 Å². The van der Waals surface area contributed by atoms with Gasteiger partial charge in [0.25, 0.3) is 0 Å². The van der Waals surface area contributed by atoms with Crippen LogP contribution in [0.5, 0.6) is 0 Å². The monoisotopic (exact) mass is 364 g/mol. The Morgan fingerprint density at radius 1 is 1.50 bits per heavy atom. The molecule has 1 atom stereocenters. The van der Waals surface area contributed by atoms with E-state index in [1.165, 1.54) is 19.4 Å². The van der Waals surface area contributed by atoms with E-state index in [-0.39, 0.29) is 24.0 Å². The van der Waals surface area contributed by atoms with Crippen molar-refractivity contribution in [2.24, 2.45) is 10.9 Å². The fourth-order valence-electron chi connectivity index (χ4n) is 2.12. The van der Waals surface area contributed by atoms with Gasteiger partial charge in [0.1, 0.15) is 0 Å². The number of hydrogen-bond acceptors (Lipinski definition) is 2. The number of guanidine groups is 1. The van der Waals surface area contributed by atoms with Crippen molar-refractivity contribution in [2.45, 2.75) is 19.8 Å². The summed E-state index contributed by atoms with van der Waals surface area (Å²) >= 11 is 0. The zero-order valence-electron chi connectivity index (χ0n) is 11.4. The van der Waals surface area contributed by atoms with Crippen molar-refractivity contribution in [3.63, 3.8) is 0 Å². The van der Waals surface area contributed by atoms with Crippen LogP contribution in [0.3, 0.4) is 0 Å². The lowest BCUT2D eigenvalue weighted by atomic mass is 9.99. The van der Waals surface area contributed by atoms with Crippen LogP contribution in [-0.4, -0.2) is 50.6 Å². The van der Waals surface area contributed by atoms with Crippen LogP contribution < -0.4 is 10.6 Å². The lowest BCUT2D eigenvalue weighted by Crippen LogP contribution is -2.39. The second-order valence-electron chi connectivity index (χ2n) is 4.55. The molecule has 1 saturated heterocycles. The highest BCUT2D eigenvalue weighted by atomic mass is 127. The number of piperidine rings is 1. The third-order valence-electron chi connectivity index (χ3n) is 2.93. The minimum Gasteiger partial charge on any atom is -0.357 e. The maximum absolute atomic E-state index is 5.23. The Morgan fingerprint density at radius 3 is 2.89 bits per heavy atom. The van der Waals surface area contributed by atoms with Crippen molar-refractivity contribution in [3.8, 4) is 12.3 Å². The van der Waals surface area contributed by atoms with Crippen molar-refractivity contribution in [1.82, 2.24) is 15.5 Å². The van der Waals surface area contributed by atoms with Gasteiger partial charge in [0.15, 0.2) is 5.96 Å². The number of likely N-dealkylation sites (tertiary alicyclic amines) is 1. The van der Waals surface area contributed by atoms with E-state index in [1.807, 2.05) is 0 Å². The minimum absolute atomic E-state index is 0. The van der Waals surface area contributed by atoms with Crippen LogP contribution in [-0.2, 0) is 0 Å². The van der Waals surface area contributed by atoms with Crippen LogP contribution in [0.4, 0.5) is 0 Å². The van der Waals surface area contributed by atoms with Gasteiger partial charge in [-0.15, -0.1) is 30.4 Å². The summed E-state index contributed by atoms with van der Waals surface area (Å²) in [5, 5.41) is 6.31. The average Bonchev–Trinajstić information content (AvgIpc) is 2.33. The molecule has 1 aliphatic rings. The van der Waals surface area contributed by atoms with Crippen molar-refractivity contribution >= 4 is 29.9 Å². The maximum atomic E-state index is 5.23. The van der Waals surface area contributed by atoms with Crippen LogP contribution in [0, 0.1) is 18.3 Å². The highest BCUT2D eigenvalue weighted by molar-refractivity contribution is 14.0. The van der Waals surface area contributed by atoms with E-state index in [2.05, 4.69) is 40.4 Å². The van der Waals surface area contributed by atoms with Crippen LogP contribution in [0.25, 0.3) is 0 Å². The maximum Gasteiger partial charge on any atom is 0.192 e. The summed E-state index contributed by atoms with van der Waals surface area (Å²) in [7, 11) is 2.18. The summed E-state index contributed by atoms with van der Waals surface area (Å²) < 4.78 is 0. The zero-order valence-corrected chi connectivity index (χ0v) is 13.7. The van der Waals surface area contributed by atoms with Crippen LogP contribution in [0.2, 0.25) is 0 Å². The number of halogens is 1. The summed E-state index contributed by atoms with van der Waals surface area (Å²) in [6.45, 7) is 6.69. The molecule has 104 valence electrons. The van der Waals surface area contributed by atoms with E-state index < -0.39 is 0 Å². The van der Waals surface area contributed by atoms with Crippen LogP contribution in [0.15, 0.2) is 4.99 Å². The number of nitrogens with one attached hydrogen (secondary N) is 2. The smallest absolute Gasteiger partial charge is 0.192 e. The van der Waals surface area contributed by atoms with E-state index in [0.717, 1.165) is 25.6 Å². The van der Waals surface area contributed by atoms with Crippen molar-refractivity contribution in [1.29, 1.82) is 0 Å². The third-order valence-corrected chi connectivity index (χ3v) is 2.93. The first-order valence-electron chi connectivity index (χ1n) is 6.40. The van der Waals surface area contributed by atoms with Crippen LogP contribution >= 0.6 is 24.0 Å². The summed E-state index contributed by atoms with van der Waals surface area (Å²) in [4.78, 5) is 6.96. The Kier molecular flexibility index (Phi) is 10.2. The minimum atomic E-state index is 0. The SMILES string of the molecule is C#CCNC(=NCC1CCCN(C)C1)NCC.I. The summed E-state index contributed by atoms with van der Waals surface area (Å²) in [6, 6.07) is 0. The van der Waals surface area contributed by atoms with Gasteiger partial charge in [0, 0.05) is 19.6 Å². The van der Waals surface area contributed by atoms with Gasteiger partial charge in [0.2, 0.25) is 0 Å². The molecular formula is C13H25IN4. The molecule has 0 radical (unpaired) electrons. The van der Waals surface area contributed by atoms with E-state index in [9.17, 15) is 0 Å². The van der Waals surface area contributed by atoms with Gasteiger partial charge < -0.3 is 15.5 Å². The summed E-state index contributed by atoms with van der Waals surface area (Å²) in [5.41, 5.74) is 0. The number of hydrogen-bond donors (Lipinski definition) is 2. The first kappa shape index (κ1) is 17.5. The van der Waals surface area contributed by atoms with Crippen molar-refractivity contribution < 1.29 is 0 Å². The Labute approximate surface area is 128 Å². The van der Waals surface area contributed by atoms with Gasteiger partial charge in [-0.25, -0.2) is 0 Å². The first-order chi connectivity index (χ1) is 8.26. The molecule has 1 rings (SSSR count). The largest absolute Gasteiger partial charge is 0.357 e. The molecule has 0 aliphatic carbocycles. The standard InChI is InChI=1S/C13H24N4.HI/c1-4-8-15-13(14-5-2)16-10-12-7-6-9-17(3)11-12;/h1,12H,5-11H2,2-3H3,(H2,14,15,16);1H.